The molecule has 4 nitrogen and oxygen atoms in total. The molecule has 3 rings (SSSR count). The molecule has 102 valence electrons. The summed E-state index contributed by atoms with van der Waals surface area (Å²) in [6, 6.07) is 2.08. The zero-order chi connectivity index (χ0) is 13.8. The first-order valence-corrected chi connectivity index (χ1v) is 6.18. The molecule has 19 heavy (non-hydrogen) atoms. The summed E-state index contributed by atoms with van der Waals surface area (Å²) >= 11 is 0. The van der Waals surface area contributed by atoms with Gasteiger partial charge >= 0.3 is 0 Å². The van der Waals surface area contributed by atoms with Crippen LogP contribution in [0.4, 0.5) is 14.7 Å². The summed E-state index contributed by atoms with van der Waals surface area (Å²) in [5.41, 5.74) is 5.93. The number of ether oxygens (including phenoxy) is 1. The number of benzene rings is 1. The van der Waals surface area contributed by atoms with Crippen LogP contribution in [0.1, 0.15) is 20.3 Å². The molecule has 1 fully saturated rings. The van der Waals surface area contributed by atoms with Gasteiger partial charge in [-0.2, -0.15) is 0 Å². The Bertz CT molecular complexity index is 655. The zero-order valence-electron chi connectivity index (χ0n) is 10.8. The van der Waals surface area contributed by atoms with E-state index in [2.05, 4.69) is 4.98 Å². The summed E-state index contributed by atoms with van der Waals surface area (Å²) in [7, 11) is 0. The van der Waals surface area contributed by atoms with Gasteiger partial charge in [0, 0.05) is 18.7 Å². The Labute approximate surface area is 109 Å². The number of nitrogens with zero attached hydrogens (tertiary/aromatic N) is 2. The highest BCUT2D eigenvalue weighted by Gasteiger charge is 2.41. The van der Waals surface area contributed by atoms with E-state index in [-0.39, 0.29) is 17.6 Å². The fourth-order valence-electron chi connectivity index (χ4n) is 2.78. The van der Waals surface area contributed by atoms with E-state index in [9.17, 15) is 8.78 Å². The lowest BCUT2D eigenvalue weighted by atomic mass is 9.94. The first kappa shape index (κ1) is 12.3. The molecule has 2 aromatic rings. The van der Waals surface area contributed by atoms with Crippen LogP contribution in [0.5, 0.6) is 0 Å². The molecule has 0 aliphatic carbocycles. The third-order valence-corrected chi connectivity index (χ3v) is 4.07. The summed E-state index contributed by atoms with van der Waals surface area (Å²) in [5, 5.41) is 0. The molecule has 0 bridgehead atoms. The molecule has 2 N–H and O–H groups in total. The Morgan fingerprint density at radius 3 is 2.84 bits per heavy atom. The van der Waals surface area contributed by atoms with Gasteiger partial charge in [0.2, 0.25) is 5.95 Å². The summed E-state index contributed by atoms with van der Waals surface area (Å²) in [4.78, 5) is 4.02. The lowest BCUT2D eigenvalue weighted by Crippen LogP contribution is -2.37. The number of nitrogen functional groups attached to an aromatic ring is 1. The van der Waals surface area contributed by atoms with Gasteiger partial charge in [-0.05, 0) is 20.3 Å². The van der Waals surface area contributed by atoms with E-state index < -0.39 is 17.2 Å². The monoisotopic (exact) mass is 267 g/mol. The van der Waals surface area contributed by atoms with Gasteiger partial charge in [-0.3, -0.25) is 0 Å². The van der Waals surface area contributed by atoms with Crippen molar-refractivity contribution < 1.29 is 13.5 Å². The molecular formula is C13H15F2N3O. The number of nitrogens with two attached hydrogens (primary N) is 1. The van der Waals surface area contributed by atoms with Crippen LogP contribution in [-0.4, -0.2) is 22.3 Å². The Kier molecular flexibility index (Phi) is 2.53. The van der Waals surface area contributed by atoms with Crippen molar-refractivity contribution in [1.82, 2.24) is 9.55 Å². The number of fused-ring (bicyclic) bond motifs is 1. The molecule has 2 atom stereocenters. The van der Waals surface area contributed by atoms with Crippen molar-refractivity contribution >= 4 is 17.0 Å². The average Bonchev–Trinajstić information content (AvgIpc) is 2.81. The van der Waals surface area contributed by atoms with E-state index >= 15 is 0 Å². The van der Waals surface area contributed by atoms with Gasteiger partial charge in [0.25, 0.3) is 0 Å². The largest absolute Gasteiger partial charge is 0.376 e. The SMILES string of the molecule is CC1OCCC1(C)n1c(N)nc2c(F)cc(F)cc21. The number of hydrogen-bond acceptors (Lipinski definition) is 3. The molecule has 6 heteroatoms. The number of rotatable bonds is 1. The van der Waals surface area contributed by atoms with Gasteiger partial charge in [0.15, 0.2) is 5.82 Å². The minimum Gasteiger partial charge on any atom is -0.376 e. The molecule has 1 aliphatic rings. The van der Waals surface area contributed by atoms with Gasteiger partial charge in [-0.1, -0.05) is 0 Å². The van der Waals surface area contributed by atoms with Crippen molar-refractivity contribution in [2.75, 3.05) is 12.3 Å². The highest BCUT2D eigenvalue weighted by Crippen LogP contribution is 2.38. The Hall–Kier alpha value is -1.69. The zero-order valence-corrected chi connectivity index (χ0v) is 10.8. The number of imidazole rings is 1. The summed E-state index contributed by atoms with van der Waals surface area (Å²) in [5.74, 6) is -1.16. The molecule has 2 unspecified atom stereocenters. The van der Waals surface area contributed by atoms with Crippen LogP contribution >= 0.6 is 0 Å². The van der Waals surface area contributed by atoms with Crippen LogP contribution in [0.2, 0.25) is 0 Å². The Morgan fingerprint density at radius 2 is 2.21 bits per heavy atom. The van der Waals surface area contributed by atoms with Crippen LogP contribution < -0.4 is 5.73 Å². The normalized spacial score (nSPS) is 27.3. The molecule has 0 radical (unpaired) electrons. The lowest BCUT2D eigenvalue weighted by Gasteiger charge is -2.30. The maximum atomic E-state index is 13.7. The van der Waals surface area contributed by atoms with Gasteiger partial charge in [0.05, 0.1) is 17.2 Å². The van der Waals surface area contributed by atoms with E-state index in [1.54, 1.807) is 4.57 Å². The van der Waals surface area contributed by atoms with E-state index in [4.69, 9.17) is 10.5 Å². The van der Waals surface area contributed by atoms with Gasteiger partial charge < -0.3 is 15.0 Å². The number of aromatic nitrogens is 2. The maximum absolute atomic E-state index is 13.7. The van der Waals surface area contributed by atoms with E-state index in [1.165, 1.54) is 6.07 Å². The Balaban J connectivity index is 2.32. The molecule has 0 saturated carbocycles. The van der Waals surface area contributed by atoms with E-state index in [1.807, 2.05) is 13.8 Å². The van der Waals surface area contributed by atoms with Crippen LogP contribution in [0, 0.1) is 11.6 Å². The van der Waals surface area contributed by atoms with Crippen LogP contribution in [0.15, 0.2) is 12.1 Å². The van der Waals surface area contributed by atoms with E-state index in [0.29, 0.717) is 12.1 Å². The van der Waals surface area contributed by atoms with Crippen molar-refractivity contribution in [1.29, 1.82) is 0 Å². The first-order chi connectivity index (χ1) is 8.93. The third-order valence-electron chi connectivity index (χ3n) is 4.07. The molecule has 1 saturated heterocycles. The first-order valence-electron chi connectivity index (χ1n) is 6.18. The maximum Gasteiger partial charge on any atom is 0.201 e. The fraction of sp³-hybridized carbons (Fsp3) is 0.462. The topological polar surface area (TPSA) is 53.1 Å². The second-order valence-electron chi connectivity index (χ2n) is 5.18. The van der Waals surface area contributed by atoms with Crippen molar-refractivity contribution in [3.63, 3.8) is 0 Å². The predicted octanol–water partition coefficient (Wildman–Crippen LogP) is 2.42. The second-order valence-corrected chi connectivity index (χ2v) is 5.18. The number of halogens is 2. The van der Waals surface area contributed by atoms with E-state index in [0.717, 1.165) is 12.5 Å². The van der Waals surface area contributed by atoms with Crippen molar-refractivity contribution in [2.24, 2.45) is 0 Å². The highest BCUT2D eigenvalue weighted by atomic mass is 19.1. The molecule has 0 spiro atoms. The molecule has 0 amide bonds. The lowest BCUT2D eigenvalue weighted by molar-refractivity contribution is 0.0783. The van der Waals surface area contributed by atoms with Crippen LogP contribution in [0.3, 0.4) is 0 Å². The number of hydrogen-bond donors (Lipinski definition) is 1. The molecular weight excluding hydrogens is 252 g/mol. The smallest absolute Gasteiger partial charge is 0.201 e. The highest BCUT2D eigenvalue weighted by molar-refractivity contribution is 5.79. The van der Waals surface area contributed by atoms with Gasteiger partial charge in [-0.15, -0.1) is 0 Å². The second kappa shape index (κ2) is 3.90. The van der Waals surface area contributed by atoms with Gasteiger partial charge in [-0.25, -0.2) is 13.8 Å². The minimum absolute atomic E-state index is 0.0965. The van der Waals surface area contributed by atoms with Crippen LogP contribution in [0.25, 0.3) is 11.0 Å². The summed E-state index contributed by atoms with van der Waals surface area (Å²) in [6.07, 6.45) is 0.626. The Morgan fingerprint density at radius 1 is 1.47 bits per heavy atom. The molecule has 1 aromatic heterocycles. The van der Waals surface area contributed by atoms with Crippen molar-refractivity contribution in [2.45, 2.75) is 31.9 Å². The quantitative estimate of drug-likeness (QED) is 0.863. The molecule has 2 heterocycles. The van der Waals surface area contributed by atoms with Crippen molar-refractivity contribution in [3.8, 4) is 0 Å². The van der Waals surface area contributed by atoms with Crippen molar-refractivity contribution in [3.05, 3.63) is 23.8 Å². The number of anilines is 1. The standard InChI is InChI=1S/C13H15F2N3O/c1-7-13(2,3-4-19-7)18-10-6-8(14)5-9(15)11(10)17-12(18)16/h5-7H,3-4H2,1-2H3,(H2,16,17). The fourth-order valence-corrected chi connectivity index (χ4v) is 2.78. The third kappa shape index (κ3) is 1.63. The average molecular weight is 267 g/mol. The summed E-state index contributed by atoms with van der Waals surface area (Å²) < 4.78 is 34.4. The van der Waals surface area contributed by atoms with Crippen LogP contribution in [-0.2, 0) is 10.3 Å². The molecule has 1 aliphatic heterocycles. The minimum atomic E-state index is -0.699. The molecule has 1 aromatic carbocycles. The summed E-state index contributed by atoms with van der Waals surface area (Å²) in [6.45, 7) is 4.48. The predicted molar refractivity (Wildman–Crippen MR) is 67.7 cm³/mol. The van der Waals surface area contributed by atoms with Gasteiger partial charge in [0.1, 0.15) is 11.3 Å².